The Labute approximate surface area is 159 Å². The Bertz CT molecular complexity index is 721. The molecule has 144 valence electrons. The number of hydrogen-bond acceptors (Lipinski definition) is 6. The highest BCUT2D eigenvalue weighted by Gasteiger charge is 2.41. The van der Waals surface area contributed by atoms with Gasteiger partial charge in [0.15, 0.2) is 0 Å². The smallest absolute Gasteiger partial charge is 0.426 e. The molecule has 3 atom stereocenters. The number of nitrogens with zero attached hydrogens (tertiary/aromatic N) is 1. The second-order valence-electron chi connectivity index (χ2n) is 6.48. The normalized spacial score (nSPS) is 25.8. The molecule has 2 heterocycles. The third kappa shape index (κ3) is 4.57. The molecule has 3 rings (SSSR count). The van der Waals surface area contributed by atoms with E-state index in [1.807, 2.05) is 0 Å². The van der Waals surface area contributed by atoms with Crippen LogP contribution in [0, 0.1) is 0 Å². The van der Waals surface area contributed by atoms with Crippen LogP contribution in [-0.4, -0.2) is 67.5 Å². The second-order valence-corrected chi connectivity index (χ2v) is 8.20. The molecule has 0 saturated carbocycles. The van der Waals surface area contributed by atoms with Crippen molar-refractivity contribution in [1.82, 2.24) is 14.9 Å². The molecule has 1 aromatic rings. The predicted molar refractivity (Wildman–Crippen MR) is 99.1 cm³/mol. The van der Waals surface area contributed by atoms with Gasteiger partial charge in [0.05, 0.1) is 16.9 Å². The lowest BCUT2D eigenvalue weighted by Gasteiger charge is -2.26. The molecule has 0 bridgehead atoms. The zero-order chi connectivity index (χ0) is 18.0. The average molecular weight is 404 g/mol. The van der Waals surface area contributed by atoms with Gasteiger partial charge in [-0.15, -0.1) is 12.4 Å². The fraction of sp³-hybridized carbons (Fsp3) is 0.533. The molecule has 2 fully saturated rings. The highest BCUT2D eigenvalue weighted by atomic mass is 35.5. The van der Waals surface area contributed by atoms with Crippen LogP contribution in [0.25, 0.3) is 0 Å². The Morgan fingerprint density at radius 2 is 1.96 bits per heavy atom. The molecule has 4 N–H and O–H groups in total. The highest BCUT2D eigenvalue weighted by molar-refractivity contribution is 7.89. The quantitative estimate of drug-likeness (QED) is 0.474. The number of hydrogen-bond donors (Lipinski definition) is 4. The van der Waals surface area contributed by atoms with Crippen LogP contribution in [-0.2, 0) is 14.8 Å². The van der Waals surface area contributed by atoms with E-state index in [1.54, 1.807) is 18.2 Å². The van der Waals surface area contributed by atoms with Crippen LogP contribution in [0.1, 0.15) is 19.3 Å². The Kier molecular flexibility index (Phi) is 7.06. The largest absolute Gasteiger partial charge is 0.475 e. The summed E-state index contributed by atoms with van der Waals surface area (Å²) in [7, 11) is -5.19. The molecular weight excluding hydrogens is 381 g/mol. The molecule has 0 aliphatic carbocycles. The van der Waals surface area contributed by atoms with Crippen molar-refractivity contribution in [2.24, 2.45) is 0 Å². The molecule has 0 radical (unpaired) electrons. The van der Waals surface area contributed by atoms with E-state index in [9.17, 15) is 23.3 Å². The molecular formula is C15H23BClN3O5S. The number of halogens is 1. The fourth-order valence-electron chi connectivity index (χ4n) is 3.48. The van der Waals surface area contributed by atoms with Crippen molar-refractivity contribution >= 4 is 35.5 Å². The lowest BCUT2D eigenvalue weighted by Crippen LogP contribution is -2.51. The number of rotatable bonds is 5. The van der Waals surface area contributed by atoms with Gasteiger partial charge in [-0.1, -0.05) is 18.2 Å². The first-order chi connectivity index (χ1) is 11.9. The topological polar surface area (TPSA) is 119 Å². The predicted octanol–water partition coefficient (Wildman–Crippen LogP) is -0.880. The van der Waals surface area contributed by atoms with Gasteiger partial charge in [-0.2, -0.15) is 0 Å². The number of benzene rings is 1. The third-order valence-corrected chi connectivity index (χ3v) is 6.27. The molecule has 1 unspecified atom stereocenters. The number of carbonyl (C=O) groups is 1. The molecule has 1 amide bonds. The van der Waals surface area contributed by atoms with Crippen molar-refractivity contribution in [2.75, 3.05) is 13.1 Å². The summed E-state index contributed by atoms with van der Waals surface area (Å²) in [6.45, 7) is 0.836. The first-order valence-corrected chi connectivity index (χ1v) is 9.84. The van der Waals surface area contributed by atoms with Crippen molar-refractivity contribution in [3.05, 3.63) is 30.3 Å². The van der Waals surface area contributed by atoms with Gasteiger partial charge in [0.2, 0.25) is 15.9 Å². The first-order valence-electron chi connectivity index (χ1n) is 8.36. The SMILES string of the molecule is Cl.O=C(C1C[C@H](NS(=O)(=O)c2ccccc2)CN1)N1CCC[C@H]1B(O)O. The number of sulfonamides is 1. The number of carbonyl (C=O) groups excluding carboxylic acids is 1. The summed E-state index contributed by atoms with van der Waals surface area (Å²) in [5.41, 5.74) is 0. The second kappa shape index (κ2) is 8.68. The number of nitrogens with one attached hydrogen (secondary N) is 2. The summed E-state index contributed by atoms with van der Waals surface area (Å²) in [5, 5.41) is 21.8. The van der Waals surface area contributed by atoms with E-state index in [0.29, 0.717) is 25.9 Å². The minimum Gasteiger partial charge on any atom is -0.426 e. The van der Waals surface area contributed by atoms with Gasteiger partial charge in [0, 0.05) is 19.1 Å². The summed E-state index contributed by atoms with van der Waals surface area (Å²) in [4.78, 5) is 14.3. The molecule has 8 nitrogen and oxygen atoms in total. The maximum atomic E-state index is 12.6. The van der Waals surface area contributed by atoms with Gasteiger partial charge in [-0.25, -0.2) is 13.1 Å². The zero-order valence-corrected chi connectivity index (χ0v) is 15.7. The van der Waals surface area contributed by atoms with E-state index in [-0.39, 0.29) is 29.3 Å². The summed E-state index contributed by atoms with van der Waals surface area (Å²) in [6.07, 6.45) is 1.61. The summed E-state index contributed by atoms with van der Waals surface area (Å²) >= 11 is 0. The summed E-state index contributed by atoms with van der Waals surface area (Å²) < 4.78 is 27.3. The fourth-order valence-corrected chi connectivity index (χ4v) is 4.75. The van der Waals surface area contributed by atoms with Gasteiger partial charge in [-0.05, 0) is 31.4 Å². The van der Waals surface area contributed by atoms with Crippen molar-refractivity contribution in [2.45, 2.75) is 42.2 Å². The van der Waals surface area contributed by atoms with E-state index < -0.39 is 29.1 Å². The van der Waals surface area contributed by atoms with Crippen LogP contribution >= 0.6 is 12.4 Å². The molecule has 2 aliphatic heterocycles. The summed E-state index contributed by atoms with van der Waals surface area (Å²) in [5.74, 6) is -0.800. The molecule has 0 spiro atoms. The Balaban J connectivity index is 0.00000243. The lowest BCUT2D eigenvalue weighted by atomic mass is 9.77. The molecule has 2 aliphatic rings. The number of amides is 1. The van der Waals surface area contributed by atoms with E-state index in [1.165, 1.54) is 17.0 Å². The van der Waals surface area contributed by atoms with Crippen LogP contribution in [0.4, 0.5) is 0 Å². The first kappa shape index (κ1) is 21.1. The maximum Gasteiger partial charge on any atom is 0.475 e. The monoisotopic (exact) mass is 403 g/mol. The minimum absolute atomic E-state index is 0. The van der Waals surface area contributed by atoms with Crippen molar-refractivity contribution in [3.8, 4) is 0 Å². The molecule has 11 heteroatoms. The Hall–Kier alpha value is -1.17. The average Bonchev–Trinajstić information content (AvgIpc) is 3.24. The standard InChI is InChI=1S/C15H22BN3O5S.ClH/c20-15(19-8-4-7-14(19)16(21)22)13-9-11(10-17-13)18-25(23,24)12-5-2-1-3-6-12;/h1-3,5-6,11,13-14,17-18,21-22H,4,7-10H2;1H/t11-,13?,14-;/m0./s1. The van der Waals surface area contributed by atoms with Gasteiger partial charge in [0.1, 0.15) is 0 Å². The molecule has 2 saturated heterocycles. The zero-order valence-electron chi connectivity index (χ0n) is 14.1. The van der Waals surface area contributed by atoms with Crippen LogP contribution in [0.15, 0.2) is 35.2 Å². The Morgan fingerprint density at radius 1 is 1.27 bits per heavy atom. The van der Waals surface area contributed by atoms with Crippen molar-refractivity contribution in [3.63, 3.8) is 0 Å². The van der Waals surface area contributed by atoms with Gasteiger partial charge in [-0.3, -0.25) is 4.79 Å². The van der Waals surface area contributed by atoms with Gasteiger partial charge >= 0.3 is 7.12 Å². The Morgan fingerprint density at radius 3 is 2.62 bits per heavy atom. The van der Waals surface area contributed by atoms with Crippen molar-refractivity contribution < 1.29 is 23.3 Å². The summed E-state index contributed by atoms with van der Waals surface area (Å²) in [6, 6.07) is 7.17. The van der Waals surface area contributed by atoms with Crippen LogP contribution < -0.4 is 10.0 Å². The number of likely N-dealkylation sites (tertiary alicyclic amines) is 1. The highest BCUT2D eigenvalue weighted by Crippen LogP contribution is 2.22. The molecule has 26 heavy (non-hydrogen) atoms. The molecule has 0 aromatic heterocycles. The van der Waals surface area contributed by atoms with Crippen LogP contribution in [0.2, 0.25) is 0 Å². The van der Waals surface area contributed by atoms with E-state index in [0.717, 1.165) is 6.42 Å². The maximum absolute atomic E-state index is 12.6. The van der Waals surface area contributed by atoms with E-state index in [2.05, 4.69) is 10.0 Å². The van der Waals surface area contributed by atoms with Crippen molar-refractivity contribution in [1.29, 1.82) is 0 Å². The van der Waals surface area contributed by atoms with Crippen LogP contribution in [0.5, 0.6) is 0 Å². The lowest BCUT2D eigenvalue weighted by molar-refractivity contribution is -0.133. The van der Waals surface area contributed by atoms with Gasteiger partial charge < -0.3 is 20.3 Å². The molecule has 1 aromatic carbocycles. The van der Waals surface area contributed by atoms with E-state index in [4.69, 9.17) is 0 Å². The van der Waals surface area contributed by atoms with Crippen LogP contribution in [0.3, 0.4) is 0 Å². The van der Waals surface area contributed by atoms with Gasteiger partial charge in [0.25, 0.3) is 0 Å². The minimum atomic E-state index is -3.63. The third-order valence-electron chi connectivity index (χ3n) is 4.73. The van der Waals surface area contributed by atoms with E-state index >= 15 is 0 Å².